The second kappa shape index (κ2) is 4.56. The number of ketones is 1. The van der Waals surface area contributed by atoms with Gasteiger partial charge in [0.1, 0.15) is 17.0 Å². The number of Topliss-reactive ketones (excluding diaryl/α,β-unsaturated/α-hetero) is 1. The van der Waals surface area contributed by atoms with Gasteiger partial charge in [-0.3, -0.25) is 9.48 Å². The Hall–Kier alpha value is -1.63. The smallest absolute Gasteiger partial charge is 0.183 e. The zero-order chi connectivity index (χ0) is 13.3. The lowest BCUT2D eigenvalue weighted by molar-refractivity contribution is 0.0991. The Labute approximate surface area is 109 Å². The molecule has 0 saturated carbocycles. The van der Waals surface area contributed by atoms with E-state index in [9.17, 15) is 4.79 Å². The summed E-state index contributed by atoms with van der Waals surface area (Å²) in [5.74, 6) is 0.638. The summed E-state index contributed by atoms with van der Waals surface area (Å²) in [7, 11) is 1.77. The summed E-state index contributed by atoms with van der Waals surface area (Å²) >= 11 is 1.14. The minimum atomic E-state index is -0.183. The standard InChI is InChI=1S/C11H15N5OS/c1-11(2,3)10-9(18-15-14-10)7(17)5-8-12-6-13-16(8)4/h6H,5H2,1-4H3. The third kappa shape index (κ3) is 2.45. The van der Waals surface area contributed by atoms with Gasteiger partial charge in [0.05, 0.1) is 12.1 Å². The van der Waals surface area contributed by atoms with Crippen LogP contribution in [0.2, 0.25) is 0 Å². The molecule has 0 saturated heterocycles. The van der Waals surface area contributed by atoms with Crippen molar-refractivity contribution in [3.05, 3.63) is 22.7 Å². The van der Waals surface area contributed by atoms with E-state index >= 15 is 0 Å². The van der Waals surface area contributed by atoms with Crippen molar-refractivity contribution in [1.82, 2.24) is 24.4 Å². The van der Waals surface area contributed by atoms with E-state index in [1.165, 1.54) is 6.33 Å². The van der Waals surface area contributed by atoms with Crippen molar-refractivity contribution in [2.75, 3.05) is 0 Å². The third-order valence-electron chi connectivity index (χ3n) is 2.58. The topological polar surface area (TPSA) is 73.6 Å². The summed E-state index contributed by atoms with van der Waals surface area (Å²) in [6.45, 7) is 6.05. The molecule has 0 spiro atoms. The maximum atomic E-state index is 12.2. The average Bonchev–Trinajstić information content (AvgIpc) is 2.86. The second-order valence-electron chi connectivity index (χ2n) is 5.10. The van der Waals surface area contributed by atoms with Gasteiger partial charge in [-0.15, -0.1) is 5.10 Å². The van der Waals surface area contributed by atoms with Crippen LogP contribution in [0.5, 0.6) is 0 Å². The average molecular weight is 265 g/mol. The Morgan fingerprint density at radius 2 is 2.17 bits per heavy atom. The van der Waals surface area contributed by atoms with Crippen molar-refractivity contribution in [3.63, 3.8) is 0 Å². The van der Waals surface area contributed by atoms with Gasteiger partial charge in [-0.05, 0) is 11.5 Å². The molecule has 0 radical (unpaired) electrons. The second-order valence-corrected chi connectivity index (χ2v) is 5.85. The highest BCUT2D eigenvalue weighted by Gasteiger charge is 2.26. The highest BCUT2D eigenvalue weighted by molar-refractivity contribution is 7.08. The number of nitrogens with zero attached hydrogens (tertiary/aromatic N) is 5. The van der Waals surface area contributed by atoms with E-state index in [-0.39, 0.29) is 17.6 Å². The first-order valence-corrected chi connectivity index (χ1v) is 6.36. The van der Waals surface area contributed by atoms with Crippen molar-refractivity contribution in [3.8, 4) is 0 Å². The molecule has 0 aliphatic rings. The van der Waals surface area contributed by atoms with Crippen LogP contribution in [0.3, 0.4) is 0 Å². The van der Waals surface area contributed by atoms with Crippen molar-refractivity contribution < 1.29 is 4.79 Å². The van der Waals surface area contributed by atoms with E-state index in [1.54, 1.807) is 11.7 Å². The van der Waals surface area contributed by atoms with Gasteiger partial charge in [0.25, 0.3) is 0 Å². The molecule has 0 aliphatic carbocycles. The summed E-state index contributed by atoms with van der Waals surface area (Å²) in [5.41, 5.74) is 0.567. The van der Waals surface area contributed by atoms with E-state index in [2.05, 4.69) is 19.7 Å². The number of hydrogen-bond donors (Lipinski definition) is 0. The third-order valence-corrected chi connectivity index (χ3v) is 3.34. The van der Waals surface area contributed by atoms with Gasteiger partial charge in [-0.25, -0.2) is 4.98 Å². The molecule has 2 rings (SSSR count). The van der Waals surface area contributed by atoms with Crippen LogP contribution >= 0.6 is 11.5 Å². The van der Waals surface area contributed by atoms with Gasteiger partial charge in [0.15, 0.2) is 5.78 Å². The van der Waals surface area contributed by atoms with E-state index < -0.39 is 0 Å². The number of aromatic nitrogens is 5. The van der Waals surface area contributed by atoms with Crippen LogP contribution in [0, 0.1) is 0 Å². The zero-order valence-electron chi connectivity index (χ0n) is 10.8. The predicted molar refractivity (Wildman–Crippen MR) is 67.6 cm³/mol. The molecule has 0 aromatic carbocycles. The minimum absolute atomic E-state index is 0.00831. The van der Waals surface area contributed by atoms with E-state index in [0.29, 0.717) is 10.7 Å². The Bertz CT molecular complexity index is 566. The Morgan fingerprint density at radius 1 is 1.44 bits per heavy atom. The van der Waals surface area contributed by atoms with E-state index in [0.717, 1.165) is 17.2 Å². The molecule has 0 N–H and O–H groups in total. The lowest BCUT2D eigenvalue weighted by atomic mass is 9.90. The highest BCUT2D eigenvalue weighted by atomic mass is 32.1. The summed E-state index contributed by atoms with van der Waals surface area (Å²) < 4.78 is 5.49. The van der Waals surface area contributed by atoms with E-state index in [1.807, 2.05) is 20.8 Å². The molecule has 0 bridgehead atoms. The van der Waals surface area contributed by atoms with Crippen molar-refractivity contribution in [2.24, 2.45) is 7.05 Å². The predicted octanol–water partition coefficient (Wildman–Crippen LogP) is 1.39. The van der Waals surface area contributed by atoms with Crippen molar-refractivity contribution in [2.45, 2.75) is 32.6 Å². The molecule has 2 heterocycles. The lowest BCUT2D eigenvalue weighted by Gasteiger charge is -2.15. The summed E-state index contributed by atoms with van der Waals surface area (Å²) in [4.78, 5) is 16.9. The van der Waals surface area contributed by atoms with Crippen molar-refractivity contribution in [1.29, 1.82) is 0 Å². The number of aryl methyl sites for hydroxylation is 1. The Kier molecular flexibility index (Phi) is 3.25. The van der Waals surface area contributed by atoms with Gasteiger partial charge < -0.3 is 0 Å². The largest absolute Gasteiger partial charge is 0.293 e. The molecule has 96 valence electrons. The molecule has 0 aliphatic heterocycles. The van der Waals surface area contributed by atoms with Gasteiger partial charge >= 0.3 is 0 Å². The monoisotopic (exact) mass is 265 g/mol. The zero-order valence-corrected chi connectivity index (χ0v) is 11.7. The van der Waals surface area contributed by atoms with Crippen LogP contribution in [0.25, 0.3) is 0 Å². The molecule has 7 heteroatoms. The van der Waals surface area contributed by atoms with Gasteiger partial charge in [0.2, 0.25) is 0 Å². The number of carbonyl (C=O) groups excluding carboxylic acids is 1. The lowest BCUT2D eigenvalue weighted by Crippen LogP contribution is -2.18. The molecule has 0 fully saturated rings. The summed E-state index contributed by atoms with van der Waals surface area (Å²) in [6.07, 6.45) is 1.67. The maximum Gasteiger partial charge on any atom is 0.183 e. The van der Waals surface area contributed by atoms with Crippen LogP contribution in [0.4, 0.5) is 0 Å². The Morgan fingerprint density at radius 3 is 2.72 bits per heavy atom. The molecule has 18 heavy (non-hydrogen) atoms. The fraction of sp³-hybridized carbons (Fsp3) is 0.545. The Balaban J connectivity index is 2.25. The summed E-state index contributed by atoms with van der Waals surface area (Å²) in [5, 5.41) is 8.01. The first kappa shape index (κ1) is 12.8. The van der Waals surface area contributed by atoms with Crippen LogP contribution in [0.1, 0.15) is 42.0 Å². The molecular weight excluding hydrogens is 250 g/mol. The first-order valence-electron chi connectivity index (χ1n) is 5.58. The van der Waals surface area contributed by atoms with Gasteiger partial charge in [-0.1, -0.05) is 25.3 Å². The number of hydrogen-bond acceptors (Lipinski definition) is 6. The fourth-order valence-electron chi connectivity index (χ4n) is 1.57. The summed E-state index contributed by atoms with van der Waals surface area (Å²) in [6, 6.07) is 0. The van der Waals surface area contributed by atoms with E-state index in [4.69, 9.17) is 0 Å². The van der Waals surface area contributed by atoms with Crippen LogP contribution in [-0.2, 0) is 18.9 Å². The molecule has 2 aromatic rings. The van der Waals surface area contributed by atoms with Crippen molar-refractivity contribution >= 4 is 17.3 Å². The van der Waals surface area contributed by atoms with Crippen LogP contribution in [0.15, 0.2) is 6.33 Å². The normalized spacial score (nSPS) is 11.8. The molecule has 0 amide bonds. The van der Waals surface area contributed by atoms with Crippen LogP contribution < -0.4 is 0 Å². The highest BCUT2D eigenvalue weighted by Crippen LogP contribution is 2.26. The quantitative estimate of drug-likeness (QED) is 0.784. The molecular formula is C11H15N5OS. The SMILES string of the molecule is Cn1ncnc1CC(=O)c1snnc1C(C)(C)C. The molecule has 2 aromatic heterocycles. The first-order chi connectivity index (χ1) is 8.39. The molecule has 0 unspecified atom stereocenters. The van der Waals surface area contributed by atoms with Gasteiger partial charge in [-0.2, -0.15) is 5.10 Å². The number of rotatable bonds is 3. The molecule has 0 atom stereocenters. The number of carbonyl (C=O) groups is 1. The fourth-order valence-corrected chi connectivity index (χ4v) is 2.38. The maximum absolute atomic E-state index is 12.2. The molecule has 6 nitrogen and oxygen atoms in total. The van der Waals surface area contributed by atoms with Gasteiger partial charge in [0, 0.05) is 12.5 Å². The van der Waals surface area contributed by atoms with Crippen LogP contribution in [-0.4, -0.2) is 30.1 Å². The minimum Gasteiger partial charge on any atom is -0.293 e.